The van der Waals surface area contributed by atoms with Crippen molar-refractivity contribution in [1.82, 2.24) is 0 Å². The molecule has 0 aliphatic carbocycles. The van der Waals surface area contributed by atoms with Gasteiger partial charge in [-0.25, -0.2) is 8.78 Å². The van der Waals surface area contributed by atoms with Crippen LogP contribution in [0.1, 0.15) is 23.1 Å². The second-order valence-electron chi connectivity index (χ2n) is 2.63. The SMILES string of the molecule is N#Cc1[c]cc(C(F)F)cc1C(F)(F)F. The summed E-state index contributed by atoms with van der Waals surface area (Å²) in [6, 6.07) is 4.07. The summed E-state index contributed by atoms with van der Waals surface area (Å²) in [5.41, 5.74) is -2.98. The zero-order valence-corrected chi connectivity index (χ0v) is 7.07. The summed E-state index contributed by atoms with van der Waals surface area (Å²) in [5, 5.41) is 8.34. The molecule has 0 amide bonds. The van der Waals surface area contributed by atoms with Crippen LogP contribution >= 0.6 is 0 Å². The highest BCUT2D eigenvalue weighted by atomic mass is 19.4. The second-order valence-corrected chi connectivity index (χ2v) is 2.63. The zero-order valence-electron chi connectivity index (χ0n) is 7.07. The molecule has 0 spiro atoms. The third-order valence-corrected chi connectivity index (χ3v) is 1.63. The maximum atomic E-state index is 12.3. The molecule has 0 heterocycles. The molecule has 0 aliphatic heterocycles. The molecule has 15 heavy (non-hydrogen) atoms. The average Bonchev–Trinajstić information content (AvgIpc) is 2.15. The lowest BCUT2D eigenvalue weighted by Crippen LogP contribution is -2.08. The van der Waals surface area contributed by atoms with Gasteiger partial charge in [-0.15, -0.1) is 0 Å². The molecule has 0 aromatic heterocycles. The number of halogens is 5. The molecule has 1 radical (unpaired) electrons. The Hall–Kier alpha value is -1.64. The van der Waals surface area contributed by atoms with Gasteiger partial charge in [0.2, 0.25) is 0 Å². The van der Waals surface area contributed by atoms with Gasteiger partial charge in [-0.3, -0.25) is 0 Å². The van der Waals surface area contributed by atoms with Gasteiger partial charge in [0, 0.05) is 11.6 Å². The van der Waals surface area contributed by atoms with Crippen LogP contribution in [0.25, 0.3) is 0 Å². The Balaban J connectivity index is 3.34. The largest absolute Gasteiger partial charge is 0.417 e. The number of rotatable bonds is 1. The highest BCUT2D eigenvalue weighted by Gasteiger charge is 2.34. The predicted octanol–water partition coefficient (Wildman–Crippen LogP) is 3.31. The fourth-order valence-electron chi connectivity index (χ4n) is 0.956. The Kier molecular flexibility index (Phi) is 2.93. The predicted molar refractivity (Wildman–Crippen MR) is 40.0 cm³/mol. The Bertz CT molecular complexity index is 402. The molecular formula is C9H3F5N. The van der Waals surface area contributed by atoms with E-state index >= 15 is 0 Å². The molecule has 0 unspecified atom stereocenters. The monoisotopic (exact) mass is 220 g/mol. The lowest BCUT2D eigenvalue weighted by Gasteiger charge is -2.09. The molecule has 0 bridgehead atoms. The molecule has 0 N–H and O–H groups in total. The van der Waals surface area contributed by atoms with Gasteiger partial charge in [0.25, 0.3) is 6.43 Å². The first-order valence-corrected chi connectivity index (χ1v) is 3.67. The van der Waals surface area contributed by atoms with Crippen molar-refractivity contribution < 1.29 is 22.0 Å². The fraction of sp³-hybridized carbons (Fsp3) is 0.222. The van der Waals surface area contributed by atoms with Gasteiger partial charge in [-0.2, -0.15) is 18.4 Å². The summed E-state index contributed by atoms with van der Waals surface area (Å²) in [6.07, 6.45) is -7.85. The molecule has 0 fully saturated rings. The summed E-state index contributed by atoms with van der Waals surface area (Å²) < 4.78 is 61.0. The Morgan fingerprint density at radius 2 is 1.93 bits per heavy atom. The Labute approximate surface area is 81.7 Å². The van der Waals surface area contributed by atoms with E-state index in [1.807, 2.05) is 6.07 Å². The van der Waals surface area contributed by atoms with Crippen LogP contribution in [0.4, 0.5) is 22.0 Å². The summed E-state index contributed by atoms with van der Waals surface area (Å²) >= 11 is 0. The van der Waals surface area contributed by atoms with E-state index in [0.717, 1.165) is 0 Å². The molecule has 0 saturated carbocycles. The van der Waals surface area contributed by atoms with Crippen molar-refractivity contribution in [1.29, 1.82) is 5.26 Å². The molecule has 1 nitrogen and oxygen atoms in total. The number of alkyl halides is 5. The van der Waals surface area contributed by atoms with Gasteiger partial charge < -0.3 is 0 Å². The van der Waals surface area contributed by atoms with Crippen LogP contribution in [0.3, 0.4) is 0 Å². The van der Waals surface area contributed by atoms with E-state index < -0.39 is 29.3 Å². The minimum Gasteiger partial charge on any atom is -0.205 e. The van der Waals surface area contributed by atoms with Crippen LogP contribution in [0.5, 0.6) is 0 Å². The highest BCUT2D eigenvalue weighted by Crippen LogP contribution is 2.34. The van der Waals surface area contributed by atoms with Gasteiger partial charge in [-0.05, 0) is 12.1 Å². The number of hydrogen-bond donors (Lipinski definition) is 0. The van der Waals surface area contributed by atoms with Crippen molar-refractivity contribution in [2.45, 2.75) is 12.6 Å². The Morgan fingerprint density at radius 3 is 2.33 bits per heavy atom. The second kappa shape index (κ2) is 3.85. The van der Waals surface area contributed by atoms with Crippen molar-refractivity contribution in [3.05, 3.63) is 34.9 Å². The summed E-state index contributed by atoms with van der Waals surface area (Å²) in [5.74, 6) is 0. The number of benzene rings is 1. The minimum absolute atomic E-state index is 0.264. The minimum atomic E-state index is -4.83. The van der Waals surface area contributed by atoms with E-state index in [1.54, 1.807) is 0 Å². The lowest BCUT2D eigenvalue weighted by atomic mass is 10.0. The van der Waals surface area contributed by atoms with Gasteiger partial charge in [-0.1, -0.05) is 0 Å². The van der Waals surface area contributed by atoms with Crippen molar-refractivity contribution >= 4 is 0 Å². The van der Waals surface area contributed by atoms with Crippen LogP contribution in [0.15, 0.2) is 12.1 Å². The average molecular weight is 220 g/mol. The third kappa shape index (κ3) is 2.43. The maximum Gasteiger partial charge on any atom is 0.417 e. The van der Waals surface area contributed by atoms with Crippen molar-refractivity contribution in [2.75, 3.05) is 0 Å². The molecule has 79 valence electrons. The molecule has 1 rings (SSSR count). The molecule has 1 aromatic carbocycles. The molecule has 0 saturated heterocycles. The van der Waals surface area contributed by atoms with Crippen molar-refractivity contribution in [2.24, 2.45) is 0 Å². The third-order valence-electron chi connectivity index (χ3n) is 1.63. The van der Waals surface area contributed by atoms with E-state index in [2.05, 4.69) is 0 Å². The number of nitriles is 1. The van der Waals surface area contributed by atoms with Crippen molar-refractivity contribution in [3.63, 3.8) is 0 Å². The number of hydrogen-bond acceptors (Lipinski definition) is 1. The zero-order chi connectivity index (χ0) is 11.6. The van der Waals surface area contributed by atoms with E-state index in [9.17, 15) is 22.0 Å². The van der Waals surface area contributed by atoms with E-state index in [1.165, 1.54) is 6.07 Å². The Morgan fingerprint density at radius 1 is 1.33 bits per heavy atom. The first-order chi connectivity index (χ1) is 6.86. The molecule has 6 heteroatoms. The quantitative estimate of drug-likeness (QED) is 0.666. The molecule has 0 atom stereocenters. The highest BCUT2D eigenvalue weighted by molar-refractivity contribution is 5.41. The van der Waals surface area contributed by atoms with Gasteiger partial charge in [0.05, 0.1) is 11.1 Å². The van der Waals surface area contributed by atoms with Crippen LogP contribution in [-0.4, -0.2) is 0 Å². The van der Waals surface area contributed by atoms with E-state index in [0.29, 0.717) is 6.07 Å². The summed E-state index contributed by atoms with van der Waals surface area (Å²) in [6.45, 7) is 0. The smallest absolute Gasteiger partial charge is 0.205 e. The van der Waals surface area contributed by atoms with Crippen LogP contribution < -0.4 is 0 Å². The first-order valence-electron chi connectivity index (χ1n) is 3.67. The summed E-state index contributed by atoms with van der Waals surface area (Å²) in [4.78, 5) is 0. The van der Waals surface area contributed by atoms with E-state index in [4.69, 9.17) is 5.26 Å². The van der Waals surface area contributed by atoms with E-state index in [-0.39, 0.29) is 6.07 Å². The fourth-order valence-corrected chi connectivity index (χ4v) is 0.956. The normalized spacial score (nSPS) is 11.5. The number of nitrogens with zero attached hydrogens (tertiary/aromatic N) is 1. The standard InChI is InChI=1S/C9H3F5N/c10-8(11)5-1-2-6(4-15)7(3-5)9(12,13)14/h1,3,8H. The van der Waals surface area contributed by atoms with Crippen LogP contribution in [0.2, 0.25) is 0 Å². The van der Waals surface area contributed by atoms with Crippen LogP contribution in [-0.2, 0) is 6.18 Å². The van der Waals surface area contributed by atoms with Gasteiger partial charge >= 0.3 is 6.18 Å². The topological polar surface area (TPSA) is 23.8 Å². The summed E-state index contributed by atoms with van der Waals surface area (Å²) in [7, 11) is 0. The van der Waals surface area contributed by atoms with Gasteiger partial charge in [0.1, 0.15) is 6.07 Å². The first kappa shape index (κ1) is 11.4. The maximum absolute atomic E-state index is 12.3. The lowest BCUT2D eigenvalue weighted by molar-refractivity contribution is -0.137. The molecule has 1 aromatic rings. The van der Waals surface area contributed by atoms with Crippen molar-refractivity contribution in [3.8, 4) is 6.07 Å². The van der Waals surface area contributed by atoms with Gasteiger partial charge in [0.15, 0.2) is 0 Å². The van der Waals surface area contributed by atoms with Crippen LogP contribution in [0, 0.1) is 17.4 Å². The molecule has 0 aliphatic rings. The molecular weight excluding hydrogens is 217 g/mol.